The molecule has 0 saturated heterocycles. The average molecular weight is 374 g/mol. The normalized spacial score (nSPS) is 11.6. The second-order valence-electron chi connectivity index (χ2n) is 5.70. The van der Waals surface area contributed by atoms with E-state index in [0.29, 0.717) is 5.82 Å². The molecule has 0 aliphatic heterocycles. The topological polar surface area (TPSA) is 84.8 Å². The Kier molecular flexibility index (Phi) is 4.94. The summed E-state index contributed by atoms with van der Waals surface area (Å²) in [6.45, 7) is 5.68. The van der Waals surface area contributed by atoms with Crippen LogP contribution in [0.25, 0.3) is 10.4 Å². The Morgan fingerprint density at radius 2 is 1.72 bits per heavy atom. The highest BCUT2D eigenvalue weighted by Crippen LogP contribution is 2.30. The molecule has 3 aromatic heterocycles. The first-order valence-corrected chi connectivity index (χ1v) is 9.97. The van der Waals surface area contributed by atoms with Gasteiger partial charge in [0.15, 0.2) is 0 Å². The molecule has 0 amide bonds. The molecule has 130 valence electrons. The van der Waals surface area contributed by atoms with Crippen molar-refractivity contribution in [2.45, 2.75) is 31.5 Å². The van der Waals surface area contributed by atoms with Crippen molar-refractivity contribution in [3.05, 3.63) is 59.4 Å². The van der Waals surface area contributed by atoms with Gasteiger partial charge in [-0.25, -0.2) is 23.1 Å². The zero-order valence-electron chi connectivity index (χ0n) is 14.1. The van der Waals surface area contributed by atoms with Crippen molar-refractivity contribution >= 4 is 21.4 Å². The van der Waals surface area contributed by atoms with Crippen molar-refractivity contribution in [3.8, 4) is 10.4 Å². The third-order valence-corrected chi connectivity index (χ3v) is 6.50. The van der Waals surface area contributed by atoms with E-state index in [1.165, 1.54) is 11.3 Å². The molecule has 1 N–H and O–H groups in total. The molecule has 0 fully saturated rings. The number of thiophene rings is 1. The van der Waals surface area contributed by atoms with Crippen LogP contribution in [-0.2, 0) is 16.6 Å². The van der Waals surface area contributed by atoms with Crippen molar-refractivity contribution in [1.82, 2.24) is 19.7 Å². The highest BCUT2D eigenvalue weighted by atomic mass is 32.2. The molecule has 0 atom stereocenters. The molecule has 3 aromatic rings. The molecule has 6 nitrogen and oxygen atoms in total. The molecule has 8 heteroatoms. The summed E-state index contributed by atoms with van der Waals surface area (Å²) in [5, 5.41) is 0. The van der Waals surface area contributed by atoms with E-state index in [2.05, 4.69) is 19.7 Å². The van der Waals surface area contributed by atoms with Crippen LogP contribution in [0.2, 0.25) is 0 Å². The van der Waals surface area contributed by atoms with Gasteiger partial charge in [0, 0.05) is 28.2 Å². The molecular weight excluding hydrogens is 356 g/mol. The fourth-order valence-electron chi connectivity index (χ4n) is 2.43. The van der Waals surface area contributed by atoms with Gasteiger partial charge in [-0.15, -0.1) is 11.3 Å². The highest BCUT2D eigenvalue weighted by Gasteiger charge is 2.18. The first-order chi connectivity index (χ1) is 11.8. The minimum Gasteiger partial charge on any atom is -0.262 e. The Morgan fingerprint density at radius 3 is 2.40 bits per heavy atom. The second kappa shape index (κ2) is 6.99. The summed E-state index contributed by atoms with van der Waals surface area (Å²) in [7, 11) is -3.61. The lowest BCUT2D eigenvalue weighted by Crippen LogP contribution is -2.23. The minimum absolute atomic E-state index is 0.0620. The lowest BCUT2D eigenvalue weighted by molar-refractivity contribution is 0.581. The van der Waals surface area contributed by atoms with Gasteiger partial charge < -0.3 is 0 Å². The summed E-state index contributed by atoms with van der Waals surface area (Å²) in [4.78, 5) is 13.5. The molecule has 0 aromatic carbocycles. The average Bonchev–Trinajstić information content (AvgIpc) is 3.03. The van der Waals surface area contributed by atoms with Crippen molar-refractivity contribution < 1.29 is 8.42 Å². The molecule has 0 unspecified atom stereocenters. The number of hydrogen-bond acceptors (Lipinski definition) is 6. The van der Waals surface area contributed by atoms with Crippen molar-refractivity contribution in [2.75, 3.05) is 0 Å². The van der Waals surface area contributed by atoms with Crippen molar-refractivity contribution in [1.29, 1.82) is 0 Å². The van der Waals surface area contributed by atoms with Gasteiger partial charge in [0.2, 0.25) is 10.0 Å². The van der Waals surface area contributed by atoms with Gasteiger partial charge in [0.25, 0.3) is 0 Å². The van der Waals surface area contributed by atoms with E-state index in [9.17, 15) is 8.42 Å². The van der Waals surface area contributed by atoms with Crippen LogP contribution in [0.4, 0.5) is 0 Å². The Hall–Kier alpha value is -2.16. The molecule has 0 aliphatic carbocycles. The fourth-order valence-corrected chi connectivity index (χ4v) is 4.75. The van der Waals surface area contributed by atoms with Gasteiger partial charge in [-0.05, 0) is 56.7 Å². The molecule has 0 spiro atoms. The van der Waals surface area contributed by atoms with Gasteiger partial charge >= 0.3 is 0 Å². The van der Waals surface area contributed by atoms with E-state index in [0.717, 1.165) is 27.5 Å². The molecule has 0 radical (unpaired) electrons. The molecule has 3 rings (SSSR count). The number of aromatic nitrogens is 3. The van der Waals surface area contributed by atoms with E-state index in [1.54, 1.807) is 18.3 Å². The zero-order valence-corrected chi connectivity index (χ0v) is 15.8. The summed E-state index contributed by atoms with van der Waals surface area (Å²) in [6.07, 6.45) is 1.72. The minimum atomic E-state index is -3.61. The molecule has 0 aliphatic rings. The summed E-state index contributed by atoms with van der Waals surface area (Å²) in [5.41, 5.74) is 3.47. The molecule has 3 heterocycles. The quantitative estimate of drug-likeness (QED) is 0.742. The van der Waals surface area contributed by atoms with Crippen LogP contribution in [0, 0.1) is 20.8 Å². The van der Waals surface area contributed by atoms with Crippen LogP contribution >= 0.6 is 11.3 Å². The third kappa shape index (κ3) is 4.28. The van der Waals surface area contributed by atoms with Gasteiger partial charge in [0.1, 0.15) is 10.0 Å². The van der Waals surface area contributed by atoms with Crippen LogP contribution in [0.1, 0.15) is 22.9 Å². The smallest absolute Gasteiger partial charge is 0.250 e. The Labute approximate surface area is 151 Å². The number of sulfonamides is 1. The molecule has 0 saturated carbocycles. The van der Waals surface area contributed by atoms with Gasteiger partial charge in [-0.3, -0.25) is 4.98 Å². The molecule has 0 bridgehead atoms. The maximum Gasteiger partial charge on any atom is 0.250 e. The lowest BCUT2D eigenvalue weighted by Gasteiger charge is -2.05. The van der Waals surface area contributed by atoms with E-state index < -0.39 is 10.0 Å². The Balaban J connectivity index is 1.79. The van der Waals surface area contributed by atoms with E-state index in [-0.39, 0.29) is 10.8 Å². The lowest BCUT2D eigenvalue weighted by atomic mass is 10.2. The Morgan fingerprint density at radius 1 is 1.00 bits per heavy atom. The summed E-state index contributed by atoms with van der Waals surface area (Å²) < 4.78 is 27.9. The van der Waals surface area contributed by atoms with Crippen LogP contribution < -0.4 is 4.72 Å². The van der Waals surface area contributed by atoms with Crippen molar-refractivity contribution in [2.24, 2.45) is 0 Å². The first-order valence-electron chi connectivity index (χ1n) is 7.67. The number of nitrogens with zero attached hydrogens (tertiary/aromatic N) is 3. The van der Waals surface area contributed by atoms with Crippen molar-refractivity contribution in [3.63, 3.8) is 0 Å². The summed E-state index contributed by atoms with van der Waals surface area (Å²) in [5.74, 6) is 0.461. The zero-order chi connectivity index (χ0) is 18.0. The largest absolute Gasteiger partial charge is 0.262 e. The van der Waals surface area contributed by atoms with Crippen LogP contribution in [0.15, 0.2) is 40.7 Å². The SMILES string of the molecule is Cc1cc(-c2ccc(S(=O)(=O)NCc3nc(C)cc(C)n3)s2)ccn1. The predicted molar refractivity (Wildman–Crippen MR) is 97.8 cm³/mol. The number of nitrogens with one attached hydrogen (secondary N) is 1. The van der Waals surface area contributed by atoms with Gasteiger partial charge in [0.05, 0.1) is 6.54 Å². The maximum absolute atomic E-state index is 12.5. The van der Waals surface area contributed by atoms with Crippen LogP contribution in [0.3, 0.4) is 0 Å². The summed E-state index contributed by atoms with van der Waals surface area (Å²) >= 11 is 1.22. The highest BCUT2D eigenvalue weighted by molar-refractivity contribution is 7.91. The fraction of sp³-hybridized carbons (Fsp3) is 0.235. The number of rotatable bonds is 5. The third-order valence-electron chi connectivity index (χ3n) is 3.48. The standard InChI is InChI=1S/C17H18N4O2S2/c1-11-9-14(6-7-18-11)15-4-5-17(24-15)25(22,23)19-10-16-20-12(2)8-13(3)21-16/h4-9,19H,10H2,1-3H3. The number of pyridine rings is 1. The van der Waals surface area contributed by atoms with E-state index >= 15 is 0 Å². The Bertz CT molecular complexity index is 993. The van der Waals surface area contributed by atoms with Crippen LogP contribution in [0.5, 0.6) is 0 Å². The number of hydrogen-bond donors (Lipinski definition) is 1. The van der Waals surface area contributed by atoms with Crippen LogP contribution in [-0.4, -0.2) is 23.4 Å². The van der Waals surface area contributed by atoms with E-state index in [4.69, 9.17) is 0 Å². The first kappa shape index (κ1) is 17.7. The monoisotopic (exact) mass is 374 g/mol. The second-order valence-corrected chi connectivity index (χ2v) is 8.77. The van der Waals surface area contributed by atoms with Gasteiger partial charge in [-0.2, -0.15) is 0 Å². The summed E-state index contributed by atoms with van der Waals surface area (Å²) in [6, 6.07) is 9.06. The maximum atomic E-state index is 12.5. The number of aryl methyl sites for hydroxylation is 3. The predicted octanol–water partition coefficient (Wildman–Crippen LogP) is 3.00. The van der Waals surface area contributed by atoms with E-state index in [1.807, 2.05) is 39.0 Å². The molecular formula is C17H18N4O2S2. The van der Waals surface area contributed by atoms with Gasteiger partial charge in [-0.1, -0.05) is 0 Å². The molecule has 25 heavy (non-hydrogen) atoms.